The van der Waals surface area contributed by atoms with Crippen LogP contribution in [-0.2, 0) is 6.54 Å². The summed E-state index contributed by atoms with van der Waals surface area (Å²) >= 11 is 0. The molecular formula is C12H18N2O2. The first kappa shape index (κ1) is 12.6. The Morgan fingerprint density at radius 3 is 2.56 bits per heavy atom. The van der Waals surface area contributed by atoms with E-state index in [0.29, 0.717) is 12.6 Å². The van der Waals surface area contributed by atoms with Gasteiger partial charge in [0.15, 0.2) is 0 Å². The first-order chi connectivity index (χ1) is 7.67. The number of nitrogens with zero attached hydrogens (tertiary/aromatic N) is 1. The number of rotatable bonds is 6. The summed E-state index contributed by atoms with van der Waals surface area (Å²) in [6.07, 6.45) is 3.57. The van der Waals surface area contributed by atoms with Crippen molar-refractivity contribution in [3.63, 3.8) is 0 Å². The molecule has 0 unspecified atom stereocenters. The summed E-state index contributed by atoms with van der Waals surface area (Å²) in [5.74, 6) is -0.938. The Balaban J connectivity index is 2.52. The molecule has 1 rings (SSSR count). The molecule has 0 atom stereocenters. The fourth-order valence-electron chi connectivity index (χ4n) is 1.48. The number of aromatic carboxylic acids is 1. The predicted octanol–water partition coefficient (Wildman–Crippen LogP) is 2.06. The van der Waals surface area contributed by atoms with E-state index in [1.807, 2.05) is 0 Å². The van der Waals surface area contributed by atoms with Crippen LogP contribution in [0.25, 0.3) is 0 Å². The molecule has 0 fully saturated rings. The number of pyridine rings is 1. The van der Waals surface area contributed by atoms with Gasteiger partial charge in [-0.3, -0.25) is 4.98 Å². The van der Waals surface area contributed by atoms with Crippen molar-refractivity contribution in [2.75, 3.05) is 0 Å². The molecule has 1 aromatic heterocycles. The van der Waals surface area contributed by atoms with E-state index in [0.717, 1.165) is 18.5 Å². The Morgan fingerprint density at radius 2 is 2.12 bits per heavy atom. The normalized spacial score (nSPS) is 10.7. The lowest BCUT2D eigenvalue weighted by molar-refractivity contribution is 0.0696. The molecule has 0 bridgehead atoms. The van der Waals surface area contributed by atoms with E-state index < -0.39 is 5.97 Å². The molecule has 0 saturated carbocycles. The molecule has 4 heteroatoms. The zero-order valence-corrected chi connectivity index (χ0v) is 9.73. The number of carboxylic acid groups (broad SMARTS) is 1. The molecular weight excluding hydrogens is 204 g/mol. The highest BCUT2D eigenvalue weighted by Gasteiger charge is 2.05. The van der Waals surface area contributed by atoms with Crippen LogP contribution < -0.4 is 5.32 Å². The van der Waals surface area contributed by atoms with E-state index in [9.17, 15) is 4.79 Å². The van der Waals surface area contributed by atoms with Crippen LogP contribution >= 0.6 is 0 Å². The van der Waals surface area contributed by atoms with Gasteiger partial charge in [-0.05, 0) is 25.0 Å². The van der Waals surface area contributed by atoms with Gasteiger partial charge in [-0.2, -0.15) is 0 Å². The molecule has 2 N–H and O–H groups in total. The molecule has 0 aliphatic carbocycles. The lowest BCUT2D eigenvalue weighted by Gasteiger charge is -2.13. The second kappa shape index (κ2) is 6.23. The summed E-state index contributed by atoms with van der Waals surface area (Å²) in [5, 5.41) is 12.1. The van der Waals surface area contributed by atoms with Crippen LogP contribution in [0.15, 0.2) is 18.3 Å². The highest BCUT2D eigenvalue weighted by Crippen LogP contribution is 2.02. The highest BCUT2D eigenvalue weighted by atomic mass is 16.4. The lowest BCUT2D eigenvalue weighted by atomic mass is 10.1. The molecule has 0 radical (unpaired) electrons. The SMILES string of the molecule is CCC(CC)NCc1ccc(C(=O)O)cn1. The molecule has 0 aromatic carbocycles. The average molecular weight is 222 g/mol. The van der Waals surface area contributed by atoms with E-state index in [-0.39, 0.29) is 5.56 Å². The van der Waals surface area contributed by atoms with Crippen molar-refractivity contribution in [2.45, 2.75) is 39.3 Å². The van der Waals surface area contributed by atoms with E-state index in [1.54, 1.807) is 12.1 Å². The maximum atomic E-state index is 10.6. The van der Waals surface area contributed by atoms with Gasteiger partial charge in [0, 0.05) is 18.8 Å². The van der Waals surface area contributed by atoms with Crippen molar-refractivity contribution in [3.05, 3.63) is 29.6 Å². The number of hydrogen-bond donors (Lipinski definition) is 2. The Labute approximate surface area is 95.7 Å². The van der Waals surface area contributed by atoms with Crippen LogP contribution in [0, 0.1) is 0 Å². The van der Waals surface area contributed by atoms with E-state index >= 15 is 0 Å². The topological polar surface area (TPSA) is 62.2 Å². The number of carboxylic acids is 1. The molecule has 88 valence electrons. The minimum Gasteiger partial charge on any atom is -0.478 e. The maximum Gasteiger partial charge on any atom is 0.337 e. The second-order valence-electron chi connectivity index (χ2n) is 3.74. The van der Waals surface area contributed by atoms with Crippen molar-refractivity contribution in [1.29, 1.82) is 0 Å². The molecule has 1 heterocycles. The van der Waals surface area contributed by atoms with Crippen LogP contribution in [-0.4, -0.2) is 22.1 Å². The monoisotopic (exact) mass is 222 g/mol. The van der Waals surface area contributed by atoms with Crippen LogP contribution in [0.4, 0.5) is 0 Å². The zero-order valence-electron chi connectivity index (χ0n) is 9.73. The van der Waals surface area contributed by atoms with Crippen LogP contribution in [0.1, 0.15) is 42.7 Å². The summed E-state index contributed by atoms with van der Waals surface area (Å²) in [7, 11) is 0. The number of aromatic nitrogens is 1. The fraction of sp³-hybridized carbons (Fsp3) is 0.500. The van der Waals surface area contributed by atoms with Gasteiger partial charge < -0.3 is 10.4 Å². The van der Waals surface area contributed by atoms with Crippen LogP contribution in [0.2, 0.25) is 0 Å². The summed E-state index contributed by atoms with van der Waals surface area (Å²) < 4.78 is 0. The Kier molecular flexibility index (Phi) is 4.92. The first-order valence-electron chi connectivity index (χ1n) is 5.59. The summed E-state index contributed by atoms with van der Waals surface area (Å²) in [6.45, 7) is 4.97. The molecule has 0 saturated heterocycles. The fourth-order valence-corrected chi connectivity index (χ4v) is 1.48. The molecule has 0 spiro atoms. The van der Waals surface area contributed by atoms with Crippen molar-refractivity contribution in [3.8, 4) is 0 Å². The Bertz CT molecular complexity index is 331. The number of carbonyl (C=O) groups is 1. The van der Waals surface area contributed by atoms with E-state index in [2.05, 4.69) is 24.1 Å². The molecule has 16 heavy (non-hydrogen) atoms. The summed E-state index contributed by atoms with van der Waals surface area (Å²) in [6, 6.07) is 3.83. The standard InChI is InChI=1S/C12H18N2O2/c1-3-10(4-2)14-8-11-6-5-9(7-13-11)12(15)16/h5-7,10,14H,3-4,8H2,1-2H3,(H,15,16). The van der Waals surface area contributed by atoms with Gasteiger partial charge in [0.2, 0.25) is 0 Å². The van der Waals surface area contributed by atoms with Gasteiger partial charge in [0.05, 0.1) is 11.3 Å². The third-order valence-corrected chi connectivity index (χ3v) is 2.63. The van der Waals surface area contributed by atoms with Gasteiger partial charge >= 0.3 is 5.97 Å². The maximum absolute atomic E-state index is 10.6. The average Bonchev–Trinajstić information content (AvgIpc) is 2.31. The van der Waals surface area contributed by atoms with Gasteiger partial charge in [0.1, 0.15) is 0 Å². The Morgan fingerprint density at radius 1 is 1.44 bits per heavy atom. The zero-order chi connectivity index (χ0) is 12.0. The molecule has 1 aromatic rings. The van der Waals surface area contributed by atoms with E-state index in [4.69, 9.17) is 5.11 Å². The van der Waals surface area contributed by atoms with Gasteiger partial charge in [0.25, 0.3) is 0 Å². The third kappa shape index (κ3) is 3.62. The van der Waals surface area contributed by atoms with Crippen molar-refractivity contribution in [2.24, 2.45) is 0 Å². The molecule has 0 aliphatic heterocycles. The second-order valence-corrected chi connectivity index (χ2v) is 3.74. The number of hydrogen-bond acceptors (Lipinski definition) is 3. The predicted molar refractivity (Wildman–Crippen MR) is 62.4 cm³/mol. The van der Waals surface area contributed by atoms with Crippen molar-refractivity contribution < 1.29 is 9.90 Å². The smallest absolute Gasteiger partial charge is 0.337 e. The van der Waals surface area contributed by atoms with Crippen molar-refractivity contribution >= 4 is 5.97 Å². The molecule has 4 nitrogen and oxygen atoms in total. The van der Waals surface area contributed by atoms with Crippen LogP contribution in [0.5, 0.6) is 0 Å². The third-order valence-electron chi connectivity index (χ3n) is 2.63. The molecule has 0 aliphatic rings. The quantitative estimate of drug-likeness (QED) is 0.773. The first-order valence-corrected chi connectivity index (χ1v) is 5.59. The summed E-state index contributed by atoms with van der Waals surface area (Å²) in [4.78, 5) is 14.7. The van der Waals surface area contributed by atoms with Gasteiger partial charge in [-0.1, -0.05) is 13.8 Å². The lowest BCUT2D eigenvalue weighted by Crippen LogP contribution is -2.27. The molecule has 0 amide bonds. The Hall–Kier alpha value is -1.42. The van der Waals surface area contributed by atoms with E-state index in [1.165, 1.54) is 6.20 Å². The van der Waals surface area contributed by atoms with Gasteiger partial charge in [-0.15, -0.1) is 0 Å². The largest absolute Gasteiger partial charge is 0.478 e. The van der Waals surface area contributed by atoms with Gasteiger partial charge in [-0.25, -0.2) is 4.79 Å². The highest BCUT2D eigenvalue weighted by molar-refractivity contribution is 5.87. The minimum absolute atomic E-state index is 0.228. The van der Waals surface area contributed by atoms with Crippen molar-refractivity contribution in [1.82, 2.24) is 10.3 Å². The minimum atomic E-state index is -0.938. The summed E-state index contributed by atoms with van der Waals surface area (Å²) in [5.41, 5.74) is 1.10. The van der Waals surface area contributed by atoms with Crippen LogP contribution in [0.3, 0.4) is 0 Å². The number of nitrogens with one attached hydrogen (secondary N) is 1.